The summed E-state index contributed by atoms with van der Waals surface area (Å²) in [5, 5.41) is 4.71. The molecule has 0 bridgehead atoms. The predicted molar refractivity (Wildman–Crippen MR) is 102 cm³/mol. The monoisotopic (exact) mass is 335 g/mol. The van der Waals surface area contributed by atoms with E-state index in [4.69, 9.17) is 5.73 Å². The van der Waals surface area contributed by atoms with Gasteiger partial charge < -0.3 is 15.6 Å². The molecule has 4 heteroatoms. The molecule has 2 aromatic carbocycles. The van der Waals surface area contributed by atoms with Crippen molar-refractivity contribution >= 4 is 16.8 Å². The van der Waals surface area contributed by atoms with E-state index in [9.17, 15) is 4.79 Å². The van der Waals surface area contributed by atoms with E-state index in [1.807, 2.05) is 22.8 Å². The summed E-state index contributed by atoms with van der Waals surface area (Å²) in [4.78, 5) is 11.4. The minimum atomic E-state index is -0.321. The molecule has 0 saturated heterocycles. The maximum atomic E-state index is 11.4. The summed E-state index contributed by atoms with van der Waals surface area (Å²) in [6.45, 7) is 8.10. The number of aromatic nitrogens is 1. The molecule has 1 amide bonds. The number of aryl methyl sites for hydroxylation is 2. The van der Waals surface area contributed by atoms with Crippen LogP contribution in [0.15, 0.2) is 42.5 Å². The van der Waals surface area contributed by atoms with Crippen molar-refractivity contribution < 1.29 is 4.79 Å². The lowest BCUT2D eigenvalue weighted by Crippen LogP contribution is -2.19. The van der Waals surface area contributed by atoms with E-state index in [-0.39, 0.29) is 12.5 Å². The summed E-state index contributed by atoms with van der Waals surface area (Å²) in [5.41, 5.74) is 12.7. The molecule has 0 aliphatic rings. The van der Waals surface area contributed by atoms with E-state index in [2.05, 4.69) is 50.4 Å². The molecule has 130 valence electrons. The molecule has 0 aliphatic heterocycles. The fourth-order valence-electron chi connectivity index (χ4n) is 3.33. The van der Waals surface area contributed by atoms with Crippen molar-refractivity contribution in [2.24, 2.45) is 5.73 Å². The molecular formula is C21H25N3O. The Kier molecular flexibility index (Phi) is 4.91. The smallest absolute Gasteiger partial charge is 0.237 e. The number of amides is 1. The second-order valence-electron chi connectivity index (χ2n) is 6.66. The van der Waals surface area contributed by atoms with Gasteiger partial charge in [0.1, 0.15) is 6.54 Å². The van der Waals surface area contributed by atoms with Gasteiger partial charge in [-0.1, -0.05) is 36.4 Å². The second kappa shape index (κ2) is 7.11. The maximum Gasteiger partial charge on any atom is 0.237 e. The molecule has 3 rings (SSSR count). The van der Waals surface area contributed by atoms with Crippen LogP contribution in [0.1, 0.15) is 27.9 Å². The number of fused-ring (bicyclic) bond motifs is 1. The zero-order valence-corrected chi connectivity index (χ0v) is 15.1. The van der Waals surface area contributed by atoms with Crippen molar-refractivity contribution in [3.63, 3.8) is 0 Å². The molecule has 3 N–H and O–H groups in total. The first-order valence-corrected chi connectivity index (χ1v) is 8.59. The molecule has 0 spiro atoms. The lowest BCUT2D eigenvalue weighted by atomic mass is 10.1. The Morgan fingerprint density at radius 1 is 1.04 bits per heavy atom. The second-order valence-corrected chi connectivity index (χ2v) is 6.66. The van der Waals surface area contributed by atoms with Crippen LogP contribution in [-0.4, -0.2) is 10.5 Å². The number of rotatable bonds is 6. The molecule has 0 aliphatic carbocycles. The number of carbonyl (C=O) groups excluding carboxylic acids is 1. The van der Waals surface area contributed by atoms with Crippen LogP contribution in [0.4, 0.5) is 0 Å². The summed E-state index contributed by atoms with van der Waals surface area (Å²) in [7, 11) is 0. The quantitative estimate of drug-likeness (QED) is 0.726. The van der Waals surface area contributed by atoms with Gasteiger partial charge in [0.05, 0.1) is 0 Å². The number of hydrogen-bond donors (Lipinski definition) is 2. The van der Waals surface area contributed by atoms with Gasteiger partial charge in [0.2, 0.25) is 5.91 Å². The standard InChI is InChI=1S/C21H25N3O/c1-14-8-9-17(10-15(14)2)11-23-12-19-16(3)24(13-21(22)25)20-7-5-4-6-18(19)20/h4-10,23H,11-13H2,1-3H3,(H2,22,25). The number of nitrogens with zero attached hydrogens (tertiary/aromatic N) is 1. The molecule has 1 heterocycles. The van der Waals surface area contributed by atoms with E-state index < -0.39 is 0 Å². The normalized spacial score (nSPS) is 11.2. The van der Waals surface area contributed by atoms with Crippen LogP contribution in [0.3, 0.4) is 0 Å². The van der Waals surface area contributed by atoms with Crippen molar-refractivity contribution in [2.45, 2.75) is 40.4 Å². The predicted octanol–water partition coefficient (Wildman–Crippen LogP) is 3.34. The first kappa shape index (κ1) is 17.2. The van der Waals surface area contributed by atoms with Gasteiger partial charge >= 0.3 is 0 Å². The summed E-state index contributed by atoms with van der Waals surface area (Å²) in [5.74, 6) is -0.321. The fourth-order valence-corrected chi connectivity index (χ4v) is 3.33. The zero-order chi connectivity index (χ0) is 18.0. The van der Waals surface area contributed by atoms with Crippen molar-refractivity contribution in [2.75, 3.05) is 0 Å². The Hall–Kier alpha value is -2.59. The average molecular weight is 335 g/mol. The van der Waals surface area contributed by atoms with Crippen molar-refractivity contribution in [3.05, 3.63) is 70.4 Å². The zero-order valence-electron chi connectivity index (χ0n) is 15.1. The number of benzene rings is 2. The van der Waals surface area contributed by atoms with Crippen LogP contribution in [0.5, 0.6) is 0 Å². The number of carbonyl (C=O) groups is 1. The topological polar surface area (TPSA) is 60.1 Å². The van der Waals surface area contributed by atoms with Crippen LogP contribution in [-0.2, 0) is 24.4 Å². The molecule has 0 unspecified atom stereocenters. The number of para-hydroxylation sites is 1. The maximum absolute atomic E-state index is 11.4. The Morgan fingerprint density at radius 3 is 2.52 bits per heavy atom. The minimum absolute atomic E-state index is 0.212. The van der Waals surface area contributed by atoms with Gasteiger partial charge in [0, 0.05) is 29.7 Å². The van der Waals surface area contributed by atoms with Gasteiger partial charge in [0.15, 0.2) is 0 Å². The number of primary amides is 1. The fraction of sp³-hybridized carbons (Fsp3) is 0.286. The highest BCUT2D eigenvalue weighted by molar-refractivity contribution is 5.87. The van der Waals surface area contributed by atoms with Crippen LogP contribution in [0.2, 0.25) is 0 Å². The Bertz CT molecular complexity index is 924. The molecule has 0 saturated carbocycles. The minimum Gasteiger partial charge on any atom is -0.368 e. The third-order valence-electron chi connectivity index (χ3n) is 4.88. The van der Waals surface area contributed by atoms with Gasteiger partial charge in [-0.15, -0.1) is 0 Å². The third-order valence-corrected chi connectivity index (χ3v) is 4.88. The van der Waals surface area contributed by atoms with Gasteiger partial charge in [-0.2, -0.15) is 0 Å². The molecule has 0 atom stereocenters. The van der Waals surface area contributed by atoms with E-state index in [1.165, 1.54) is 27.6 Å². The Morgan fingerprint density at radius 2 is 1.80 bits per heavy atom. The Balaban J connectivity index is 1.82. The largest absolute Gasteiger partial charge is 0.368 e. The lowest BCUT2D eigenvalue weighted by molar-refractivity contribution is -0.118. The Labute approximate surface area is 148 Å². The first-order chi connectivity index (χ1) is 12.0. The third kappa shape index (κ3) is 3.59. The van der Waals surface area contributed by atoms with Crippen molar-refractivity contribution in [1.29, 1.82) is 0 Å². The average Bonchev–Trinajstić information content (AvgIpc) is 2.83. The van der Waals surface area contributed by atoms with E-state index in [1.54, 1.807) is 0 Å². The van der Waals surface area contributed by atoms with Gasteiger partial charge in [-0.25, -0.2) is 0 Å². The SMILES string of the molecule is Cc1ccc(CNCc2c(C)n(CC(N)=O)c3ccccc23)cc1C. The molecule has 3 aromatic rings. The molecule has 0 fully saturated rings. The molecular weight excluding hydrogens is 310 g/mol. The summed E-state index contributed by atoms with van der Waals surface area (Å²) in [6, 6.07) is 14.7. The van der Waals surface area contributed by atoms with Crippen molar-refractivity contribution in [3.8, 4) is 0 Å². The molecule has 4 nitrogen and oxygen atoms in total. The highest BCUT2D eigenvalue weighted by atomic mass is 16.1. The summed E-state index contributed by atoms with van der Waals surface area (Å²) < 4.78 is 2.00. The highest BCUT2D eigenvalue weighted by Gasteiger charge is 2.14. The van der Waals surface area contributed by atoms with Gasteiger partial charge in [-0.3, -0.25) is 4.79 Å². The van der Waals surface area contributed by atoms with Crippen LogP contribution < -0.4 is 11.1 Å². The molecule has 25 heavy (non-hydrogen) atoms. The summed E-state index contributed by atoms with van der Waals surface area (Å²) in [6.07, 6.45) is 0. The van der Waals surface area contributed by atoms with Gasteiger partial charge in [-0.05, 0) is 49.1 Å². The van der Waals surface area contributed by atoms with E-state index in [0.717, 1.165) is 24.3 Å². The molecule has 1 aromatic heterocycles. The van der Waals surface area contributed by atoms with E-state index in [0.29, 0.717) is 0 Å². The van der Waals surface area contributed by atoms with Crippen molar-refractivity contribution in [1.82, 2.24) is 9.88 Å². The van der Waals surface area contributed by atoms with Crippen LogP contribution in [0, 0.1) is 20.8 Å². The van der Waals surface area contributed by atoms with Crippen LogP contribution in [0.25, 0.3) is 10.9 Å². The molecule has 0 radical (unpaired) electrons. The van der Waals surface area contributed by atoms with Gasteiger partial charge in [0.25, 0.3) is 0 Å². The first-order valence-electron chi connectivity index (χ1n) is 8.59. The van der Waals surface area contributed by atoms with E-state index >= 15 is 0 Å². The summed E-state index contributed by atoms with van der Waals surface area (Å²) >= 11 is 0. The lowest BCUT2D eigenvalue weighted by Gasteiger charge is -2.09. The number of hydrogen-bond acceptors (Lipinski definition) is 2. The highest BCUT2D eigenvalue weighted by Crippen LogP contribution is 2.25. The number of nitrogens with one attached hydrogen (secondary N) is 1. The number of nitrogens with two attached hydrogens (primary N) is 1. The van der Waals surface area contributed by atoms with Crippen LogP contribution >= 0.6 is 0 Å².